The van der Waals surface area contributed by atoms with Gasteiger partial charge in [0.05, 0.1) is 5.56 Å². The summed E-state index contributed by atoms with van der Waals surface area (Å²) in [7, 11) is 0. The van der Waals surface area contributed by atoms with Crippen LogP contribution in [-0.4, -0.2) is 47.7 Å². The first kappa shape index (κ1) is 19.5. The van der Waals surface area contributed by atoms with Crippen LogP contribution in [-0.2, 0) is 4.79 Å². The number of para-hydroxylation sites is 3. The Morgan fingerprint density at radius 3 is 2.48 bits per heavy atom. The normalized spacial score (nSPS) is 16.7. The fourth-order valence-corrected chi connectivity index (χ4v) is 3.85. The van der Waals surface area contributed by atoms with E-state index in [1.807, 2.05) is 47.4 Å². The number of amides is 1. The van der Waals surface area contributed by atoms with Crippen molar-refractivity contribution in [3.8, 4) is 11.5 Å². The van der Waals surface area contributed by atoms with Crippen LogP contribution in [0.2, 0.25) is 0 Å². The standard InChI is InChI=1S/C24H29N3O2/c1-24(2,3)17-22(28)26-13-8-14-27(16-15-26)23-18-9-4-6-11-20(18)29-21-12-7-5-10-19(21)25-23/h4-7,9-12H,8,13-17H2,1-3H3. The molecule has 5 nitrogen and oxygen atoms in total. The fraction of sp³-hybridized carbons (Fsp3) is 0.417. The Balaban J connectivity index is 1.60. The van der Waals surface area contributed by atoms with Gasteiger partial charge in [0, 0.05) is 32.6 Å². The Kier molecular flexibility index (Phi) is 5.31. The lowest BCUT2D eigenvalue weighted by molar-refractivity contribution is -0.132. The number of aliphatic imine (C=N–C) groups is 1. The topological polar surface area (TPSA) is 45.1 Å². The van der Waals surface area contributed by atoms with Gasteiger partial charge in [-0.3, -0.25) is 4.79 Å². The van der Waals surface area contributed by atoms with Crippen LogP contribution >= 0.6 is 0 Å². The molecular formula is C24H29N3O2. The van der Waals surface area contributed by atoms with E-state index < -0.39 is 0 Å². The van der Waals surface area contributed by atoms with Crippen LogP contribution in [0.1, 0.15) is 39.2 Å². The van der Waals surface area contributed by atoms with Gasteiger partial charge in [0.15, 0.2) is 5.75 Å². The van der Waals surface area contributed by atoms with E-state index in [-0.39, 0.29) is 11.3 Å². The summed E-state index contributed by atoms with van der Waals surface area (Å²) in [6.07, 6.45) is 1.51. The predicted octanol–water partition coefficient (Wildman–Crippen LogP) is 4.84. The molecule has 0 spiro atoms. The van der Waals surface area contributed by atoms with Crippen LogP contribution in [0.4, 0.5) is 5.69 Å². The maximum Gasteiger partial charge on any atom is 0.223 e. The minimum absolute atomic E-state index is 0.00837. The van der Waals surface area contributed by atoms with Crippen molar-refractivity contribution >= 4 is 17.4 Å². The zero-order valence-electron chi connectivity index (χ0n) is 17.5. The van der Waals surface area contributed by atoms with Crippen LogP contribution in [0.5, 0.6) is 11.5 Å². The first-order valence-corrected chi connectivity index (χ1v) is 10.4. The van der Waals surface area contributed by atoms with Crippen LogP contribution < -0.4 is 4.74 Å². The van der Waals surface area contributed by atoms with Gasteiger partial charge in [-0.25, -0.2) is 4.99 Å². The molecule has 0 N–H and O–H groups in total. The van der Waals surface area contributed by atoms with Crippen LogP contribution in [0.15, 0.2) is 53.5 Å². The molecule has 0 aromatic heterocycles. The average Bonchev–Trinajstić information content (AvgIpc) is 3.01. The summed E-state index contributed by atoms with van der Waals surface area (Å²) < 4.78 is 6.16. The Morgan fingerprint density at radius 1 is 0.966 bits per heavy atom. The number of carbonyl (C=O) groups excluding carboxylic acids is 1. The third-order valence-corrected chi connectivity index (χ3v) is 5.27. The number of nitrogens with zero attached hydrogens (tertiary/aromatic N) is 3. The van der Waals surface area contributed by atoms with E-state index >= 15 is 0 Å². The molecular weight excluding hydrogens is 362 g/mol. The quantitative estimate of drug-likeness (QED) is 0.699. The summed E-state index contributed by atoms with van der Waals surface area (Å²) in [5, 5.41) is 0. The molecule has 0 bridgehead atoms. The van der Waals surface area contributed by atoms with Gasteiger partial charge >= 0.3 is 0 Å². The van der Waals surface area contributed by atoms with Crippen molar-refractivity contribution in [3.05, 3.63) is 54.1 Å². The monoisotopic (exact) mass is 391 g/mol. The number of amidine groups is 1. The van der Waals surface area contributed by atoms with Crippen molar-refractivity contribution in [1.29, 1.82) is 0 Å². The van der Waals surface area contributed by atoms with E-state index in [1.54, 1.807) is 0 Å². The van der Waals surface area contributed by atoms with Crippen molar-refractivity contribution in [3.63, 3.8) is 0 Å². The molecule has 0 unspecified atom stereocenters. The molecule has 2 aliphatic rings. The van der Waals surface area contributed by atoms with Gasteiger partial charge in [0.25, 0.3) is 0 Å². The molecule has 0 saturated carbocycles. The van der Waals surface area contributed by atoms with Gasteiger partial charge in [-0.1, -0.05) is 45.0 Å². The fourth-order valence-electron chi connectivity index (χ4n) is 3.85. The number of benzene rings is 2. The molecule has 29 heavy (non-hydrogen) atoms. The third-order valence-electron chi connectivity index (χ3n) is 5.27. The van der Waals surface area contributed by atoms with Crippen LogP contribution in [0.3, 0.4) is 0 Å². The smallest absolute Gasteiger partial charge is 0.223 e. The van der Waals surface area contributed by atoms with E-state index in [9.17, 15) is 4.79 Å². The zero-order valence-corrected chi connectivity index (χ0v) is 17.5. The molecule has 0 radical (unpaired) electrons. The second kappa shape index (κ2) is 7.90. The highest BCUT2D eigenvalue weighted by Gasteiger charge is 2.27. The Morgan fingerprint density at radius 2 is 1.69 bits per heavy atom. The molecule has 2 aliphatic heterocycles. The molecule has 4 rings (SSSR count). The number of rotatable bonds is 1. The summed E-state index contributed by atoms with van der Waals surface area (Å²) >= 11 is 0. The largest absolute Gasteiger partial charge is 0.454 e. The van der Waals surface area contributed by atoms with Crippen molar-refractivity contribution in [2.45, 2.75) is 33.6 Å². The van der Waals surface area contributed by atoms with Gasteiger partial charge in [0.2, 0.25) is 5.91 Å². The van der Waals surface area contributed by atoms with Crippen LogP contribution in [0.25, 0.3) is 0 Å². The molecule has 2 aromatic rings. The van der Waals surface area contributed by atoms with E-state index in [1.165, 1.54) is 0 Å². The minimum Gasteiger partial charge on any atom is -0.454 e. The molecule has 5 heteroatoms. The molecule has 1 saturated heterocycles. The number of fused-ring (bicyclic) bond motifs is 2. The average molecular weight is 392 g/mol. The highest BCUT2D eigenvalue weighted by Crippen LogP contribution is 2.37. The Labute approximate surface area is 173 Å². The lowest BCUT2D eigenvalue weighted by atomic mass is 9.91. The van der Waals surface area contributed by atoms with Crippen molar-refractivity contribution in [1.82, 2.24) is 9.80 Å². The summed E-state index contributed by atoms with van der Waals surface area (Å²) in [6, 6.07) is 15.9. The van der Waals surface area contributed by atoms with Gasteiger partial charge in [-0.15, -0.1) is 0 Å². The van der Waals surface area contributed by atoms with Crippen molar-refractivity contribution in [2.75, 3.05) is 26.2 Å². The lowest BCUT2D eigenvalue weighted by Crippen LogP contribution is -2.38. The number of hydrogen-bond donors (Lipinski definition) is 0. The van der Waals surface area contributed by atoms with E-state index in [2.05, 4.69) is 31.7 Å². The summed E-state index contributed by atoms with van der Waals surface area (Å²) in [5.41, 5.74) is 1.84. The molecule has 2 aromatic carbocycles. The summed E-state index contributed by atoms with van der Waals surface area (Å²) in [5.74, 6) is 2.76. The van der Waals surface area contributed by atoms with Gasteiger partial charge < -0.3 is 14.5 Å². The Hall–Kier alpha value is -2.82. The second-order valence-electron chi connectivity index (χ2n) is 8.96. The zero-order chi connectivity index (χ0) is 20.4. The molecule has 2 heterocycles. The van der Waals surface area contributed by atoms with E-state index in [0.29, 0.717) is 6.42 Å². The highest BCUT2D eigenvalue weighted by atomic mass is 16.5. The number of hydrogen-bond acceptors (Lipinski definition) is 4. The lowest BCUT2D eigenvalue weighted by Gasteiger charge is -2.27. The van der Waals surface area contributed by atoms with E-state index in [4.69, 9.17) is 9.73 Å². The first-order chi connectivity index (χ1) is 13.9. The predicted molar refractivity (Wildman–Crippen MR) is 116 cm³/mol. The third kappa shape index (κ3) is 4.44. The number of ether oxygens (including phenoxy) is 1. The van der Waals surface area contributed by atoms with Crippen molar-refractivity contribution in [2.24, 2.45) is 10.4 Å². The molecule has 1 fully saturated rings. The Bertz CT molecular complexity index is 930. The molecule has 152 valence electrons. The van der Waals surface area contributed by atoms with Gasteiger partial charge in [0.1, 0.15) is 17.3 Å². The first-order valence-electron chi connectivity index (χ1n) is 10.4. The maximum absolute atomic E-state index is 12.7. The van der Waals surface area contributed by atoms with Gasteiger partial charge in [-0.2, -0.15) is 0 Å². The summed E-state index contributed by atoms with van der Waals surface area (Å²) in [4.78, 5) is 22.0. The SMILES string of the molecule is CC(C)(C)CC(=O)N1CCCN(C2=Nc3ccccc3Oc3ccccc32)CC1. The highest BCUT2D eigenvalue weighted by molar-refractivity contribution is 6.03. The van der Waals surface area contributed by atoms with E-state index in [0.717, 1.165) is 61.2 Å². The molecule has 0 aliphatic carbocycles. The molecule has 0 atom stereocenters. The molecule has 1 amide bonds. The maximum atomic E-state index is 12.7. The van der Waals surface area contributed by atoms with Gasteiger partial charge in [-0.05, 0) is 36.1 Å². The second-order valence-corrected chi connectivity index (χ2v) is 8.96. The summed E-state index contributed by atoms with van der Waals surface area (Å²) in [6.45, 7) is 9.50. The minimum atomic E-state index is 0.00837. The number of carbonyl (C=O) groups is 1. The van der Waals surface area contributed by atoms with Crippen LogP contribution in [0, 0.1) is 5.41 Å². The van der Waals surface area contributed by atoms with Crippen molar-refractivity contribution < 1.29 is 9.53 Å².